The molecule has 0 bridgehead atoms. The monoisotopic (exact) mass is 508 g/mol. The van der Waals surface area contributed by atoms with Crippen LogP contribution in [0.2, 0.25) is 0 Å². The third kappa shape index (κ3) is 8.35. The van der Waals surface area contributed by atoms with Crippen LogP contribution in [0.1, 0.15) is 45.7 Å². The predicted molar refractivity (Wildman–Crippen MR) is 124 cm³/mol. The molecule has 3 N–H and O–H groups in total. The summed E-state index contributed by atoms with van der Waals surface area (Å²) in [6, 6.07) is 10.5. The Balaban J connectivity index is 0.00000364. The summed E-state index contributed by atoms with van der Waals surface area (Å²) < 4.78 is 23.3. The second kappa shape index (κ2) is 10.6. The van der Waals surface area contributed by atoms with Crippen LogP contribution >= 0.6 is 24.0 Å². The van der Waals surface area contributed by atoms with E-state index in [1.54, 1.807) is 0 Å². The van der Waals surface area contributed by atoms with Gasteiger partial charge in [-0.3, -0.25) is 4.99 Å². The number of hydrogen-bond acceptors (Lipinski definition) is 4. The molecule has 1 heterocycles. The van der Waals surface area contributed by atoms with Gasteiger partial charge in [-0.05, 0) is 39.7 Å². The highest BCUT2D eigenvalue weighted by Crippen LogP contribution is 2.16. The van der Waals surface area contributed by atoms with Gasteiger partial charge >= 0.3 is 0 Å². The normalized spacial score (nSPS) is 20.6. The summed E-state index contributed by atoms with van der Waals surface area (Å²) in [4.78, 5) is 4.68. The molecular weight excluding hydrogens is 475 g/mol. The lowest BCUT2D eigenvalue weighted by Gasteiger charge is -2.29. The molecule has 0 aliphatic carbocycles. The van der Waals surface area contributed by atoms with E-state index < -0.39 is 9.84 Å². The smallest absolute Gasteiger partial charge is 0.191 e. The molecule has 2 rings (SSSR count). The standard InChI is InChI=1S/C19H32N4O2S.HI/c1-5-20-18(22-17-11-12-26(24,25)13-17)21-14-19(3,4)23-15(2)16-9-7-6-8-10-16;/h6-10,15,17,23H,5,11-14H2,1-4H3,(H2,20,21,22);1H. The maximum absolute atomic E-state index is 11.6. The zero-order chi connectivity index (χ0) is 19.2. The van der Waals surface area contributed by atoms with E-state index >= 15 is 0 Å². The molecule has 27 heavy (non-hydrogen) atoms. The first-order valence-corrected chi connectivity index (χ1v) is 11.1. The first-order valence-electron chi connectivity index (χ1n) is 9.29. The second-order valence-corrected chi connectivity index (χ2v) is 9.83. The molecule has 0 aromatic heterocycles. The number of guanidine groups is 1. The van der Waals surface area contributed by atoms with Crippen molar-refractivity contribution in [2.45, 2.75) is 51.7 Å². The molecule has 154 valence electrons. The van der Waals surface area contributed by atoms with Gasteiger partial charge in [0.1, 0.15) is 0 Å². The van der Waals surface area contributed by atoms with Gasteiger partial charge in [0.25, 0.3) is 0 Å². The van der Waals surface area contributed by atoms with Gasteiger partial charge < -0.3 is 16.0 Å². The van der Waals surface area contributed by atoms with E-state index in [0.29, 0.717) is 18.9 Å². The van der Waals surface area contributed by atoms with Gasteiger partial charge in [-0.1, -0.05) is 30.3 Å². The van der Waals surface area contributed by atoms with Crippen LogP contribution in [0.25, 0.3) is 0 Å². The summed E-state index contributed by atoms with van der Waals surface area (Å²) >= 11 is 0. The summed E-state index contributed by atoms with van der Waals surface area (Å²) in [7, 11) is -2.90. The van der Waals surface area contributed by atoms with Crippen LogP contribution in [-0.2, 0) is 9.84 Å². The average Bonchev–Trinajstić information content (AvgIpc) is 2.92. The summed E-state index contributed by atoms with van der Waals surface area (Å²) in [5.74, 6) is 1.12. The quantitative estimate of drug-likeness (QED) is 0.300. The minimum Gasteiger partial charge on any atom is -0.357 e. The lowest BCUT2D eigenvalue weighted by atomic mass is 10.0. The van der Waals surface area contributed by atoms with Crippen LogP contribution in [-0.4, -0.2) is 50.6 Å². The highest BCUT2D eigenvalue weighted by atomic mass is 127. The Morgan fingerprint density at radius 3 is 2.52 bits per heavy atom. The molecule has 0 saturated carbocycles. The molecule has 1 aromatic carbocycles. The van der Waals surface area contributed by atoms with Gasteiger partial charge in [-0.25, -0.2) is 8.42 Å². The maximum atomic E-state index is 11.6. The first kappa shape index (κ1) is 24.2. The second-order valence-electron chi connectivity index (χ2n) is 7.60. The Kier molecular flexibility index (Phi) is 9.50. The summed E-state index contributed by atoms with van der Waals surface area (Å²) in [6.07, 6.45) is 0.638. The zero-order valence-electron chi connectivity index (χ0n) is 16.7. The number of sulfone groups is 1. The highest BCUT2D eigenvalue weighted by molar-refractivity contribution is 14.0. The Labute approximate surface area is 180 Å². The molecule has 1 saturated heterocycles. The fourth-order valence-electron chi connectivity index (χ4n) is 3.16. The zero-order valence-corrected chi connectivity index (χ0v) is 19.8. The van der Waals surface area contributed by atoms with Crippen molar-refractivity contribution >= 4 is 39.8 Å². The predicted octanol–water partition coefficient (Wildman–Crippen LogP) is 2.48. The van der Waals surface area contributed by atoms with E-state index in [4.69, 9.17) is 0 Å². The first-order chi connectivity index (χ1) is 12.2. The summed E-state index contributed by atoms with van der Waals surface area (Å²) in [6.45, 7) is 9.72. The van der Waals surface area contributed by atoms with E-state index in [0.717, 1.165) is 6.54 Å². The van der Waals surface area contributed by atoms with E-state index in [1.165, 1.54) is 5.56 Å². The van der Waals surface area contributed by atoms with Gasteiger partial charge in [0.2, 0.25) is 0 Å². The van der Waals surface area contributed by atoms with Crippen LogP contribution in [0.4, 0.5) is 0 Å². The van der Waals surface area contributed by atoms with Crippen LogP contribution in [0.3, 0.4) is 0 Å². The fraction of sp³-hybridized carbons (Fsp3) is 0.632. The van der Waals surface area contributed by atoms with Gasteiger partial charge in [-0.2, -0.15) is 0 Å². The Hall–Kier alpha value is -0.870. The largest absolute Gasteiger partial charge is 0.357 e. The molecule has 2 unspecified atom stereocenters. The summed E-state index contributed by atoms with van der Waals surface area (Å²) in [5.41, 5.74) is 1.05. The van der Waals surface area contributed by atoms with Crippen molar-refractivity contribution in [3.63, 3.8) is 0 Å². The van der Waals surface area contributed by atoms with Crippen LogP contribution < -0.4 is 16.0 Å². The topological polar surface area (TPSA) is 82.6 Å². The molecule has 1 aliphatic heterocycles. The Morgan fingerprint density at radius 2 is 1.96 bits per heavy atom. The summed E-state index contributed by atoms with van der Waals surface area (Å²) in [5, 5.41) is 10.1. The average molecular weight is 508 g/mol. The third-order valence-electron chi connectivity index (χ3n) is 4.46. The van der Waals surface area contributed by atoms with E-state index in [-0.39, 0.29) is 53.1 Å². The van der Waals surface area contributed by atoms with Crippen molar-refractivity contribution in [2.75, 3.05) is 24.6 Å². The van der Waals surface area contributed by atoms with E-state index in [9.17, 15) is 8.42 Å². The third-order valence-corrected chi connectivity index (χ3v) is 6.22. The van der Waals surface area contributed by atoms with E-state index in [2.05, 4.69) is 53.8 Å². The van der Waals surface area contributed by atoms with Crippen LogP contribution in [0.5, 0.6) is 0 Å². The van der Waals surface area contributed by atoms with Crippen molar-refractivity contribution < 1.29 is 8.42 Å². The molecular formula is C19H33IN4O2S. The van der Waals surface area contributed by atoms with Crippen LogP contribution in [0.15, 0.2) is 35.3 Å². The Bertz CT molecular complexity index is 708. The number of benzene rings is 1. The van der Waals surface area contributed by atoms with Crippen molar-refractivity contribution in [3.05, 3.63) is 35.9 Å². The number of rotatable bonds is 7. The van der Waals surface area contributed by atoms with Crippen molar-refractivity contribution in [2.24, 2.45) is 4.99 Å². The lowest BCUT2D eigenvalue weighted by molar-refractivity contribution is 0.356. The van der Waals surface area contributed by atoms with Gasteiger partial charge in [0, 0.05) is 24.2 Å². The lowest BCUT2D eigenvalue weighted by Crippen LogP contribution is -2.47. The van der Waals surface area contributed by atoms with Gasteiger partial charge in [0.05, 0.1) is 18.1 Å². The van der Waals surface area contributed by atoms with Crippen LogP contribution in [0, 0.1) is 0 Å². The molecule has 0 spiro atoms. The van der Waals surface area contributed by atoms with Crippen molar-refractivity contribution in [3.8, 4) is 0 Å². The molecule has 2 atom stereocenters. The highest BCUT2D eigenvalue weighted by Gasteiger charge is 2.28. The molecule has 0 radical (unpaired) electrons. The number of halogens is 1. The maximum Gasteiger partial charge on any atom is 0.191 e. The number of nitrogens with one attached hydrogen (secondary N) is 3. The van der Waals surface area contributed by atoms with Gasteiger partial charge in [0.15, 0.2) is 15.8 Å². The van der Waals surface area contributed by atoms with Gasteiger partial charge in [-0.15, -0.1) is 24.0 Å². The molecule has 1 fully saturated rings. The van der Waals surface area contributed by atoms with E-state index in [1.807, 2.05) is 25.1 Å². The minimum absolute atomic E-state index is 0. The number of nitrogens with zero attached hydrogens (tertiary/aromatic N) is 1. The molecule has 0 amide bonds. The number of hydrogen-bond donors (Lipinski definition) is 3. The molecule has 1 aliphatic rings. The minimum atomic E-state index is -2.90. The molecule has 8 heteroatoms. The Morgan fingerprint density at radius 1 is 1.30 bits per heavy atom. The fourth-order valence-corrected chi connectivity index (χ4v) is 4.83. The number of aliphatic imine (C=N–C) groups is 1. The molecule has 6 nitrogen and oxygen atoms in total. The van der Waals surface area contributed by atoms with Crippen molar-refractivity contribution in [1.82, 2.24) is 16.0 Å². The molecule has 1 aromatic rings. The van der Waals surface area contributed by atoms with Crippen molar-refractivity contribution in [1.29, 1.82) is 0 Å². The SMILES string of the molecule is CCNC(=NCC(C)(C)NC(C)c1ccccc1)NC1CCS(=O)(=O)C1.I.